The van der Waals surface area contributed by atoms with Gasteiger partial charge in [0, 0.05) is 12.8 Å². The number of phenolic OH excluding ortho intramolecular Hbond substituents is 2. The Morgan fingerprint density at radius 1 is 0.532 bits per heavy atom. The fourth-order valence-corrected chi connectivity index (χ4v) is 5.12. The van der Waals surface area contributed by atoms with Gasteiger partial charge in [0.1, 0.15) is 37.9 Å². The minimum absolute atomic E-state index is 0.0470. The van der Waals surface area contributed by atoms with Gasteiger partial charge in [-0.05, 0) is 67.9 Å². The SMILES string of the molecule is CC(C)(C)c1cc(CCC(=O)OCCONOCCOC(=O)CCc2cc(C(C)(C)C)c(O)c(C(C)(C)C)c2)cc(C(C)(C)C)c1O. The van der Waals surface area contributed by atoms with Gasteiger partial charge in [0.15, 0.2) is 0 Å². The van der Waals surface area contributed by atoms with Crippen LogP contribution in [0.2, 0.25) is 0 Å². The molecule has 2 rings (SSSR count). The van der Waals surface area contributed by atoms with Crippen molar-refractivity contribution in [3.05, 3.63) is 57.6 Å². The lowest BCUT2D eigenvalue weighted by Crippen LogP contribution is -2.22. The van der Waals surface area contributed by atoms with Crippen molar-refractivity contribution in [3.8, 4) is 11.5 Å². The first kappa shape index (κ1) is 40.0. The topological polar surface area (TPSA) is 124 Å². The highest BCUT2D eigenvalue weighted by molar-refractivity contribution is 5.70. The molecule has 0 aliphatic heterocycles. The number of phenols is 2. The third-order valence-electron chi connectivity index (χ3n) is 7.82. The molecule has 264 valence electrons. The molecule has 3 N–H and O–H groups in total. The molecule has 0 amide bonds. The second kappa shape index (κ2) is 16.3. The van der Waals surface area contributed by atoms with Crippen LogP contribution in [0.3, 0.4) is 0 Å². The largest absolute Gasteiger partial charge is 0.507 e. The van der Waals surface area contributed by atoms with Crippen molar-refractivity contribution in [2.45, 2.75) is 130 Å². The quantitative estimate of drug-likeness (QED) is 0.108. The van der Waals surface area contributed by atoms with Crippen LogP contribution in [0, 0.1) is 0 Å². The lowest BCUT2D eigenvalue weighted by molar-refractivity contribution is -0.187. The molecule has 0 aliphatic rings. The number of nitrogens with one attached hydrogen (secondary N) is 1. The highest BCUT2D eigenvalue weighted by atomic mass is 16.9. The molecule has 0 aromatic heterocycles. The van der Waals surface area contributed by atoms with Gasteiger partial charge in [0.25, 0.3) is 0 Å². The Balaban J connectivity index is 1.68. The first-order chi connectivity index (χ1) is 21.5. The molecule has 0 spiro atoms. The maximum absolute atomic E-state index is 12.3. The number of benzene rings is 2. The van der Waals surface area contributed by atoms with Crippen molar-refractivity contribution >= 4 is 11.9 Å². The number of hydrogen-bond donors (Lipinski definition) is 3. The van der Waals surface area contributed by atoms with E-state index in [4.69, 9.17) is 19.1 Å². The summed E-state index contributed by atoms with van der Waals surface area (Å²) in [6, 6.07) is 7.89. The van der Waals surface area contributed by atoms with Crippen molar-refractivity contribution in [2.75, 3.05) is 26.4 Å². The summed E-state index contributed by atoms with van der Waals surface area (Å²) in [4.78, 5) is 34.9. The van der Waals surface area contributed by atoms with Crippen LogP contribution in [0.15, 0.2) is 24.3 Å². The number of ether oxygens (including phenoxy) is 2. The Morgan fingerprint density at radius 2 is 0.809 bits per heavy atom. The summed E-state index contributed by atoms with van der Waals surface area (Å²) >= 11 is 0. The average molecular weight is 658 g/mol. The Kier molecular flexibility index (Phi) is 13.9. The van der Waals surface area contributed by atoms with Crippen LogP contribution in [0.5, 0.6) is 11.5 Å². The summed E-state index contributed by atoms with van der Waals surface area (Å²) in [5.41, 5.74) is 6.76. The average Bonchev–Trinajstić information content (AvgIpc) is 2.92. The zero-order chi connectivity index (χ0) is 35.8. The van der Waals surface area contributed by atoms with Crippen molar-refractivity contribution in [3.63, 3.8) is 0 Å². The minimum Gasteiger partial charge on any atom is -0.507 e. The molecule has 2 aromatic carbocycles. The lowest BCUT2D eigenvalue weighted by atomic mass is 9.78. The number of rotatable bonds is 14. The van der Waals surface area contributed by atoms with E-state index in [1.807, 2.05) is 24.3 Å². The predicted molar refractivity (Wildman–Crippen MR) is 185 cm³/mol. The smallest absolute Gasteiger partial charge is 0.306 e. The van der Waals surface area contributed by atoms with Gasteiger partial charge < -0.3 is 19.7 Å². The molecule has 0 heterocycles. The van der Waals surface area contributed by atoms with E-state index in [2.05, 4.69) is 88.7 Å². The number of aryl methyl sites for hydroxylation is 2. The summed E-state index contributed by atoms with van der Waals surface area (Å²) in [7, 11) is 0. The van der Waals surface area contributed by atoms with Gasteiger partial charge in [-0.2, -0.15) is 0 Å². The molecule has 2 aromatic rings. The van der Waals surface area contributed by atoms with Gasteiger partial charge >= 0.3 is 11.9 Å². The summed E-state index contributed by atoms with van der Waals surface area (Å²) in [6.45, 7) is 24.9. The highest BCUT2D eigenvalue weighted by Crippen LogP contribution is 2.41. The van der Waals surface area contributed by atoms with Crippen LogP contribution in [0.4, 0.5) is 0 Å². The second-order valence-electron chi connectivity index (χ2n) is 16.3. The normalized spacial score (nSPS) is 12.7. The van der Waals surface area contributed by atoms with Crippen LogP contribution in [-0.2, 0) is 63.2 Å². The molecule has 0 atom stereocenters. The van der Waals surface area contributed by atoms with Crippen molar-refractivity contribution < 1.29 is 39.0 Å². The van der Waals surface area contributed by atoms with E-state index in [1.165, 1.54) is 0 Å². The first-order valence-electron chi connectivity index (χ1n) is 16.6. The molecule has 0 unspecified atom stereocenters. The first-order valence-corrected chi connectivity index (χ1v) is 16.6. The number of carbonyl (C=O) groups excluding carboxylic acids is 2. The van der Waals surface area contributed by atoms with E-state index < -0.39 is 0 Å². The van der Waals surface area contributed by atoms with Gasteiger partial charge in [0.2, 0.25) is 0 Å². The molecule has 0 aliphatic carbocycles. The van der Waals surface area contributed by atoms with Gasteiger partial charge in [-0.1, -0.05) is 113 Å². The van der Waals surface area contributed by atoms with Crippen molar-refractivity contribution in [1.29, 1.82) is 0 Å². The highest BCUT2D eigenvalue weighted by Gasteiger charge is 2.28. The predicted octanol–water partition coefficient (Wildman–Crippen LogP) is 7.39. The Labute approximate surface area is 282 Å². The second-order valence-corrected chi connectivity index (χ2v) is 16.3. The number of esters is 2. The van der Waals surface area contributed by atoms with Gasteiger partial charge in [0.05, 0.1) is 0 Å². The summed E-state index contributed by atoms with van der Waals surface area (Å²) in [6.07, 6.45) is 1.40. The number of carbonyl (C=O) groups is 2. The lowest BCUT2D eigenvalue weighted by Gasteiger charge is -2.28. The molecular weight excluding hydrogens is 598 g/mol. The number of hydrogen-bond acceptors (Lipinski definition) is 9. The van der Waals surface area contributed by atoms with E-state index in [0.29, 0.717) is 24.3 Å². The maximum Gasteiger partial charge on any atom is 0.306 e. The minimum atomic E-state index is -0.347. The molecule has 0 bridgehead atoms. The Morgan fingerprint density at radius 3 is 1.06 bits per heavy atom. The molecule has 0 saturated heterocycles. The molecular formula is C38H59NO8. The molecule has 0 radical (unpaired) electrons. The van der Waals surface area contributed by atoms with E-state index in [1.54, 1.807) is 0 Å². The molecule has 47 heavy (non-hydrogen) atoms. The summed E-state index contributed by atoms with van der Waals surface area (Å²) in [5.74, 6) is -0.0609. The monoisotopic (exact) mass is 657 g/mol. The zero-order valence-corrected chi connectivity index (χ0v) is 30.8. The molecule has 0 saturated carbocycles. The standard InChI is InChI=1S/C38H59NO8/c1-35(2,3)27-21-25(22-28(33(27)42)36(4,5)6)13-15-31(40)44-17-19-46-39-47-20-18-45-32(41)16-14-26-23-29(37(7,8)9)34(43)30(24-26)38(10,11)12/h21-24,39,42-43H,13-20H2,1-12H3. The third kappa shape index (κ3) is 12.8. The van der Waals surface area contributed by atoms with Gasteiger partial charge in [-0.15, -0.1) is 0 Å². The Bertz CT molecular complexity index is 1180. The fourth-order valence-electron chi connectivity index (χ4n) is 5.12. The van der Waals surface area contributed by atoms with E-state index in [0.717, 1.165) is 33.4 Å². The van der Waals surface area contributed by atoms with Crippen molar-refractivity contribution in [2.24, 2.45) is 0 Å². The maximum atomic E-state index is 12.3. The summed E-state index contributed by atoms with van der Waals surface area (Å²) < 4.78 is 10.5. The van der Waals surface area contributed by atoms with E-state index in [-0.39, 0.29) is 72.9 Å². The van der Waals surface area contributed by atoms with E-state index >= 15 is 0 Å². The molecule has 0 fully saturated rings. The van der Waals surface area contributed by atoms with Crippen LogP contribution < -0.4 is 5.64 Å². The van der Waals surface area contributed by atoms with E-state index in [9.17, 15) is 19.8 Å². The molecule has 9 nitrogen and oxygen atoms in total. The van der Waals surface area contributed by atoms with Crippen LogP contribution in [0.1, 0.15) is 129 Å². The summed E-state index contributed by atoms with van der Waals surface area (Å²) in [5, 5.41) is 21.8. The van der Waals surface area contributed by atoms with Gasteiger partial charge in [-0.25, -0.2) is 0 Å². The van der Waals surface area contributed by atoms with Crippen LogP contribution in [-0.4, -0.2) is 48.6 Å². The Hall–Kier alpha value is -3.14. The van der Waals surface area contributed by atoms with Crippen molar-refractivity contribution in [1.82, 2.24) is 5.64 Å². The van der Waals surface area contributed by atoms with Crippen LogP contribution in [0.25, 0.3) is 0 Å². The third-order valence-corrected chi connectivity index (χ3v) is 7.82. The molecule has 9 heteroatoms. The number of aromatic hydroxyl groups is 2. The van der Waals surface area contributed by atoms with Gasteiger partial charge in [-0.3, -0.25) is 19.3 Å². The zero-order valence-electron chi connectivity index (χ0n) is 30.8. The van der Waals surface area contributed by atoms with Crippen LogP contribution >= 0.6 is 0 Å². The fraction of sp³-hybridized carbons (Fsp3) is 0.632.